The highest BCUT2D eigenvalue weighted by Crippen LogP contribution is 2.33. The van der Waals surface area contributed by atoms with Crippen LogP contribution < -0.4 is 20.7 Å². The van der Waals surface area contributed by atoms with Gasteiger partial charge in [-0.2, -0.15) is 17.0 Å². The smallest absolute Gasteiger partial charge is 0.315 e. The molecule has 0 bridgehead atoms. The van der Waals surface area contributed by atoms with Gasteiger partial charge in [-0.3, -0.25) is 9.59 Å². The molecule has 0 spiro atoms. The highest BCUT2D eigenvalue weighted by Gasteiger charge is 2.42. The lowest BCUT2D eigenvalue weighted by molar-refractivity contribution is -0.119. The molecule has 13 heteroatoms. The number of nitrogens with one attached hydrogen (secondary N) is 3. The van der Waals surface area contributed by atoms with Crippen molar-refractivity contribution in [2.24, 2.45) is 0 Å². The van der Waals surface area contributed by atoms with E-state index in [1.165, 1.54) is 6.08 Å². The van der Waals surface area contributed by atoms with E-state index in [4.69, 9.17) is 14.2 Å². The summed E-state index contributed by atoms with van der Waals surface area (Å²) in [7, 11) is 0. The predicted octanol–water partition coefficient (Wildman–Crippen LogP) is 5.90. The van der Waals surface area contributed by atoms with Crippen molar-refractivity contribution in [3.05, 3.63) is 63.9 Å². The number of fused-ring (bicyclic) bond motifs is 1. The maximum absolute atomic E-state index is 12.9. The maximum atomic E-state index is 12.9. The first-order valence-corrected chi connectivity index (χ1v) is 18.8. The van der Waals surface area contributed by atoms with Crippen molar-refractivity contribution >= 4 is 51.5 Å². The van der Waals surface area contributed by atoms with Crippen LogP contribution in [0.15, 0.2) is 52.6 Å². The number of unbranched alkanes of at least 4 members (excludes halogenated alkanes) is 1. The van der Waals surface area contributed by atoms with Gasteiger partial charge in [-0.1, -0.05) is 38.0 Å². The summed E-state index contributed by atoms with van der Waals surface area (Å²) in [5, 5.41) is 19.0. The van der Waals surface area contributed by atoms with Crippen molar-refractivity contribution in [2.45, 2.75) is 81.7 Å². The Morgan fingerprint density at radius 1 is 1.06 bits per heavy atom. The van der Waals surface area contributed by atoms with Gasteiger partial charge >= 0.3 is 6.03 Å². The van der Waals surface area contributed by atoms with Gasteiger partial charge in [-0.15, -0.1) is 0 Å². The van der Waals surface area contributed by atoms with E-state index >= 15 is 0 Å². The number of hydrogen-bond donors (Lipinski definition) is 3. The fraction of sp³-hybridized carbons (Fsp3) is 0.528. The molecule has 11 nitrogen and oxygen atoms in total. The first kappa shape index (κ1) is 38.4. The van der Waals surface area contributed by atoms with Crippen LogP contribution >= 0.6 is 27.7 Å². The Kier molecular flexibility index (Phi) is 16.4. The van der Waals surface area contributed by atoms with E-state index in [1.807, 2.05) is 49.0 Å². The van der Waals surface area contributed by atoms with Gasteiger partial charge in [0.25, 0.3) is 5.91 Å². The summed E-state index contributed by atoms with van der Waals surface area (Å²) in [6, 6.07) is 15.0. The van der Waals surface area contributed by atoms with Crippen molar-refractivity contribution in [3.8, 4) is 11.8 Å². The third kappa shape index (κ3) is 13.1. The number of urea groups is 1. The summed E-state index contributed by atoms with van der Waals surface area (Å²) in [5.41, 5.74) is 1.43. The number of nitriles is 1. The molecule has 4 rings (SSSR count). The summed E-state index contributed by atoms with van der Waals surface area (Å²) in [6.07, 6.45) is 7.80. The Morgan fingerprint density at radius 3 is 2.57 bits per heavy atom. The van der Waals surface area contributed by atoms with Gasteiger partial charge in [0.2, 0.25) is 0 Å². The molecular weight excluding hydrogens is 710 g/mol. The van der Waals surface area contributed by atoms with Crippen molar-refractivity contribution in [2.75, 3.05) is 38.8 Å². The molecule has 2 aliphatic heterocycles. The van der Waals surface area contributed by atoms with Crippen LogP contribution in [0.1, 0.15) is 75.6 Å². The Hall–Kier alpha value is -3.44. The molecule has 0 radical (unpaired) electrons. The Morgan fingerprint density at radius 2 is 1.82 bits per heavy atom. The Balaban J connectivity index is 1.02. The van der Waals surface area contributed by atoms with Gasteiger partial charge in [0.05, 0.1) is 43.6 Å². The zero-order chi connectivity index (χ0) is 34.8. The third-order valence-electron chi connectivity index (χ3n) is 8.30. The predicted molar refractivity (Wildman–Crippen MR) is 193 cm³/mol. The van der Waals surface area contributed by atoms with Crippen LogP contribution in [0.4, 0.5) is 4.79 Å². The fourth-order valence-corrected chi connectivity index (χ4v) is 7.69. The normalized spacial score (nSPS) is 19.0. The number of aromatic nitrogens is 1. The van der Waals surface area contributed by atoms with Crippen LogP contribution in [0.5, 0.6) is 5.75 Å². The number of halogens is 1. The largest absolute Gasteiger partial charge is 0.491 e. The minimum absolute atomic E-state index is 0.0117. The summed E-state index contributed by atoms with van der Waals surface area (Å²) >= 11 is 5.21. The van der Waals surface area contributed by atoms with Gasteiger partial charge in [-0.25, -0.2) is 9.78 Å². The number of nitrogens with zero attached hydrogens (tertiary/aromatic N) is 2. The second-order valence-corrected chi connectivity index (χ2v) is 14.1. The van der Waals surface area contributed by atoms with Crippen molar-refractivity contribution in [1.29, 1.82) is 5.26 Å². The zero-order valence-electron chi connectivity index (χ0n) is 28.0. The number of carbonyl (C=O) groups excluding carboxylic acids is 3. The monoisotopic (exact) mass is 755 g/mol. The number of rotatable bonds is 22. The second-order valence-electron chi connectivity index (χ2n) is 12.0. The first-order valence-electron chi connectivity index (χ1n) is 17.0. The van der Waals surface area contributed by atoms with E-state index in [-0.39, 0.29) is 35.5 Å². The van der Waals surface area contributed by atoms with E-state index in [2.05, 4.69) is 36.9 Å². The lowest BCUT2D eigenvalue weighted by Crippen LogP contribution is -2.36. The molecule has 1 aromatic carbocycles. The fourth-order valence-electron chi connectivity index (χ4n) is 5.79. The number of thioether (sulfide) groups is 1. The van der Waals surface area contributed by atoms with Gasteiger partial charge in [0.15, 0.2) is 0 Å². The lowest BCUT2D eigenvalue weighted by atomic mass is 10.0. The van der Waals surface area contributed by atoms with E-state index in [1.54, 1.807) is 18.2 Å². The van der Waals surface area contributed by atoms with Gasteiger partial charge < -0.3 is 30.2 Å². The molecule has 3 amide bonds. The van der Waals surface area contributed by atoms with E-state index < -0.39 is 5.91 Å². The number of ketones is 1. The molecule has 1 aromatic heterocycles. The number of pyridine rings is 1. The van der Waals surface area contributed by atoms with Crippen LogP contribution in [0.3, 0.4) is 0 Å². The van der Waals surface area contributed by atoms with Gasteiger partial charge in [0.1, 0.15) is 34.4 Å². The molecule has 3 heterocycles. The number of carbonyl (C=O) groups is 3. The number of benzene rings is 1. The molecule has 264 valence electrons. The highest BCUT2D eigenvalue weighted by molar-refractivity contribution is 9.10. The summed E-state index contributed by atoms with van der Waals surface area (Å²) in [4.78, 5) is 40.9. The van der Waals surface area contributed by atoms with Crippen LogP contribution in [0.2, 0.25) is 0 Å². The standard InChI is InChI=1S/C36H46BrN5O6S/c1-2-7-30(40-35(44)26(23-38)22-27-8-5-12-33(37)39-27)25-13-15-29(16-14-25)48-21-20-47-19-18-46-17-6-10-28(43)9-3-4-11-32-34-31(24-49-32)41-36(45)42-34/h5,8,12-16,22,30-32,34H,2-4,6-7,9-11,17-21,24H2,1H3,(H,40,44)(H2,41,42,45)/b26-22+/t30?,31-,32-,34-/m0/s1. The highest BCUT2D eigenvalue weighted by atomic mass is 79.9. The number of ether oxygens (including phenoxy) is 3. The second kappa shape index (κ2) is 20.9. The van der Waals surface area contributed by atoms with Crippen LogP contribution in [-0.2, 0) is 19.1 Å². The number of hydrogen-bond acceptors (Lipinski definition) is 9. The number of amides is 3. The lowest BCUT2D eigenvalue weighted by Gasteiger charge is -2.19. The third-order valence-corrected chi connectivity index (χ3v) is 10.3. The minimum Gasteiger partial charge on any atom is -0.491 e. The summed E-state index contributed by atoms with van der Waals surface area (Å²) in [6.45, 7) is 4.28. The molecule has 4 atom stereocenters. The topological polar surface area (TPSA) is 152 Å². The molecular formula is C36H46BrN5O6S. The molecule has 49 heavy (non-hydrogen) atoms. The molecule has 2 fully saturated rings. The van der Waals surface area contributed by atoms with Crippen LogP contribution in [0.25, 0.3) is 6.08 Å². The summed E-state index contributed by atoms with van der Waals surface area (Å²) < 4.78 is 17.6. The van der Waals surface area contributed by atoms with E-state index in [0.717, 1.165) is 37.0 Å². The average molecular weight is 757 g/mol. The van der Waals surface area contributed by atoms with E-state index in [9.17, 15) is 19.6 Å². The molecule has 3 N–H and O–H groups in total. The van der Waals surface area contributed by atoms with Gasteiger partial charge in [0, 0.05) is 30.5 Å². The molecule has 1 unspecified atom stereocenters. The molecule has 2 saturated heterocycles. The SMILES string of the molecule is CCCC(NC(=O)/C(C#N)=C/c1cccc(Br)n1)c1ccc(OCCOCCOCCCC(=O)CCCC[C@@H]2SC[C@@H]3NC(=O)N[C@@H]32)cc1. The zero-order valence-corrected chi connectivity index (χ0v) is 30.4. The number of Topliss-reactive ketones (excluding diaryl/α,β-unsaturated/α-hetero) is 1. The van der Waals surface area contributed by atoms with Gasteiger partial charge in [-0.05, 0) is 77.5 Å². The maximum Gasteiger partial charge on any atom is 0.315 e. The van der Waals surface area contributed by atoms with Crippen LogP contribution in [-0.4, -0.2) is 78.8 Å². The molecule has 0 aliphatic carbocycles. The first-order chi connectivity index (χ1) is 23.9. The quantitative estimate of drug-likeness (QED) is 0.0439. The summed E-state index contributed by atoms with van der Waals surface area (Å²) in [5.74, 6) is 1.49. The minimum atomic E-state index is -0.447. The van der Waals surface area contributed by atoms with Crippen molar-refractivity contribution in [3.63, 3.8) is 0 Å². The average Bonchev–Trinajstić information content (AvgIpc) is 3.65. The molecule has 2 aliphatic rings. The Bertz CT molecular complexity index is 1450. The Labute approximate surface area is 301 Å². The van der Waals surface area contributed by atoms with Crippen molar-refractivity contribution in [1.82, 2.24) is 20.9 Å². The van der Waals surface area contributed by atoms with E-state index in [0.29, 0.717) is 80.0 Å². The van der Waals surface area contributed by atoms with Crippen LogP contribution in [0, 0.1) is 11.3 Å². The molecule has 2 aromatic rings. The van der Waals surface area contributed by atoms with Crippen molar-refractivity contribution < 1.29 is 28.6 Å². The molecule has 0 saturated carbocycles.